The van der Waals surface area contributed by atoms with E-state index < -0.39 is 0 Å². The van der Waals surface area contributed by atoms with Crippen molar-refractivity contribution in [2.75, 3.05) is 13.7 Å². The fraction of sp³-hybridized carbons (Fsp3) is 0.833. The molecule has 1 unspecified atom stereocenters. The molecule has 0 saturated heterocycles. The molecule has 0 saturated carbocycles. The number of allylic oxidation sites excluding steroid dienone is 1. The van der Waals surface area contributed by atoms with Crippen LogP contribution >= 0.6 is 0 Å². The Hall–Kier alpha value is -0.340. The molecule has 1 aliphatic carbocycles. The molecule has 2 nitrogen and oxygen atoms in total. The Balaban J connectivity index is 2.26. The average molecular weight is 198 g/mol. The Labute approximate surface area is 87.0 Å². The summed E-state index contributed by atoms with van der Waals surface area (Å²) in [5.74, 6) is 0. The van der Waals surface area contributed by atoms with Crippen molar-refractivity contribution in [1.29, 1.82) is 0 Å². The summed E-state index contributed by atoms with van der Waals surface area (Å²) in [7, 11) is 1.71. The van der Waals surface area contributed by atoms with Crippen LogP contribution in [0.15, 0.2) is 11.6 Å². The molecule has 2 heteroatoms. The van der Waals surface area contributed by atoms with Gasteiger partial charge in [0.05, 0.1) is 6.10 Å². The highest BCUT2D eigenvalue weighted by Crippen LogP contribution is 2.21. The number of aliphatic hydroxyl groups excluding tert-OH is 1. The number of aliphatic hydroxyl groups is 1. The first-order valence-electron chi connectivity index (χ1n) is 5.70. The van der Waals surface area contributed by atoms with Crippen LogP contribution in [-0.2, 0) is 4.74 Å². The summed E-state index contributed by atoms with van der Waals surface area (Å²) in [5, 5.41) is 9.90. The van der Waals surface area contributed by atoms with Gasteiger partial charge in [-0.2, -0.15) is 0 Å². The monoisotopic (exact) mass is 198 g/mol. The summed E-state index contributed by atoms with van der Waals surface area (Å²) in [6, 6.07) is 0. The predicted molar refractivity (Wildman–Crippen MR) is 58.3 cm³/mol. The zero-order valence-corrected chi connectivity index (χ0v) is 9.17. The summed E-state index contributed by atoms with van der Waals surface area (Å²) < 4.78 is 4.97. The van der Waals surface area contributed by atoms with Gasteiger partial charge in [-0.25, -0.2) is 0 Å². The molecule has 1 atom stereocenters. The first-order valence-corrected chi connectivity index (χ1v) is 5.70. The zero-order chi connectivity index (χ0) is 10.2. The molecular formula is C12H22O2. The second-order valence-corrected chi connectivity index (χ2v) is 4.03. The van der Waals surface area contributed by atoms with Gasteiger partial charge in [0.2, 0.25) is 0 Å². The van der Waals surface area contributed by atoms with Gasteiger partial charge in [0.1, 0.15) is 0 Å². The largest absolute Gasteiger partial charge is 0.389 e. The highest BCUT2D eigenvalue weighted by Gasteiger charge is 2.11. The van der Waals surface area contributed by atoms with Crippen molar-refractivity contribution in [3.05, 3.63) is 11.6 Å². The summed E-state index contributed by atoms with van der Waals surface area (Å²) in [6.45, 7) is 0.754. The maximum atomic E-state index is 9.90. The van der Waals surface area contributed by atoms with Crippen molar-refractivity contribution < 1.29 is 9.84 Å². The Kier molecular flexibility index (Phi) is 5.88. The highest BCUT2D eigenvalue weighted by atomic mass is 16.5. The third kappa shape index (κ3) is 4.25. The van der Waals surface area contributed by atoms with Crippen molar-refractivity contribution >= 4 is 0 Å². The zero-order valence-electron chi connectivity index (χ0n) is 9.17. The smallest absolute Gasteiger partial charge is 0.0751 e. The first-order chi connectivity index (χ1) is 6.84. The van der Waals surface area contributed by atoms with Crippen LogP contribution in [0.25, 0.3) is 0 Å². The summed E-state index contributed by atoms with van der Waals surface area (Å²) in [5.41, 5.74) is 1.26. The second-order valence-electron chi connectivity index (χ2n) is 4.03. The van der Waals surface area contributed by atoms with Gasteiger partial charge >= 0.3 is 0 Å². The minimum atomic E-state index is -0.219. The fourth-order valence-electron chi connectivity index (χ4n) is 1.95. The Morgan fingerprint density at radius 3 is 3.07 bits per heavy atom. The molecular weight excluding hydrogens is 176 g/mol. The third-order valence-corrected chi connectivity index (χ3v) is 2.83. The molecule has 0 amide bonds. The fourth-order valence-corrected chi connectivity index (χ4v) is 1.95. The number of hydrogen-bond acceptors (Lipinski definition) is 2. The highest BCUT2D eigenvalue weighted by molar-refractivity contribution is 5.09. The van der Waals surface area contributed by atoms with Crippen LogP contribution in [0.1, 0.15) is 44.9 Å². The van der Waals surface area contributed by atoms with Gasteiger partial charge in [0, 0.05) is 13.7 Å². The van der Waals surface area contributed by atoms with Crippen LogP contribution in [0.2, 0.25) is 0 Å². The van der Waals surface area contributed by atoms with E-state index in [2.05, 4.69) is 6.08 Å². The predicted octanol–water partition coefficient (Wildman–Crippen LogP) is 2.66. The number of rotatable bonds is 5. The standard InChI is InChI=1S/C12H22O2/c1-14-10-6-9-12(13)11-7-4-2-3-5-8-11/h7,12-13H,2-6,8-10H2,1H3. The molecule has 0 aromatic heterocycles. The molecule has 82 valence electrons. The van der Waals surface area contributed by atoms with Gasteiger partial charge in [0.15, 0.2) is 0 Å². The van der Waals surface area contributed by atoms with E-state index in [4.69, 9.17) is 4.74 Å². The van der Waals surface area contributed by atoms with E-state index in [1.54, 1.807) is 7.11 Å². The van der Waals surface area contributed by atoms with Crippen LogP contribution < -0.4 is 0 Å². The van der Waals surface area contributed by atoms with E-state index in [9.17, 15) is 5.11 Å². The van der Waals surface area contributed by atoms with Crippen LogP contribution in [0.5, 0.6) is 0 Å². The average Bonchev–Trinajstić information content (AvgIpc) is 2.46. The van der Waals surface area contributed by atoms with Crippen molar-refractivity contribution in [2.24, 2.45) is 0 Å². The molecule has 1 rings (SSSR count). The van der Waals surface area contributed by atoms with Crippen molar-refractivity contribution in [3.63, 3.8) is 0 Å². The lowest BCUT2D eigenvalue weighted by Gasteiger charge is -2.13. The van der Waals surface area contributed by atoms with Crippen molar-refractivity contribution in [1.82, 2.24) is 0 Å². The van der Waals surface area contributed by atoms with Gasteiger partial charge < -0.3 is 9.84 Å². The molecule has 1 aliphatic rings. The Bertz CT molecular complexity index is 175. The third-order valence-electron chi connectivity index (χ3n) is 2.83. The number of ether oxygens (including phenoxy) is 1. The van der Waals surface area contributed by atoms with E-state index in [0.29, 0.717) is 0 Å². The van der Waals surface area contributed by atoms with Crippen molar-refractivity contribution in [3.8, 4) is 0 Å². The lowest BCUT2D eigenvalue weighted by atomic mass is 10.0. The molecule has 0 spiro atoms. The summed E-state index contributed by atoms with van der Waals surface area (Å²) in [6.07, 6.45) is 9.90. The molecule has 0 aliphatic heterocycles. The maximum absolute atomic E-state index is 9.90. The lowest BCUT2D eigenvalue weighted by Crippen LogP contribution is -2.11. The van der Waals surface area contributed by atoms with E-state index in [0.717, 1.165) is 32.3 Å². The minimum Gasteiger partial charge on any atom is -0.389 e. The van der Waals surface area contributed by atoms with E-state index >= 15 is 0 Å². The van der Waals surface area contributed by atoms with Crippen LogP contribution in [0.4, 0.5) is 0 Å². The van der Waals surface area contributed by atoms with E-state index in [1.165, 1.54) is 24.8 Å². The van der Waals surface area contributed by atoms with Crippen LogP contribution in [0, 0.1) is 0 Å². The van der Waals surface area contributed by atoms with Gasteiger partial charge in [-0.3, -0.25) is 0 Å². The second kappa shape index (κ2) is 7.02. The molecule has 14 heavy (non-hydrogen) atoms. The van der Waals surface area contributed by atoms with Crippen LogP contribution in [-0.4, -0.2) is 24.9 Å². The topological polar surface area (TPSA) is 29.5 Å². The molecule has 0 radical (unpaired) electrons. The van der Waals surface area contributed by atoms with Crippen molar-refractivity contribution in [2.45, 2.75) is 51.0 Å². The van der Waals surface area contributed by atoms with E-state index in [-0.39, 0.29) is 6.10 Å². The first kappa shape index (κ1) is 11.7. The van der Waals surface area contributed by atoms with Crippen LogP contribution in [0.3, 0.4) is 0 Å². The summed E-state index contributed by atoms with van der Waals surface area (Å²) >= 11 is 0. The molecule has 0 aromatic carbocycles. The molecule has 0 fully saturated rings. The van der Waals surface area contributed by atoms with Gasteiger partial charge in [-0.15, -0.1) is 0 Å². The number of hydrogen-bond donors (Lipinski definition) is 1. The van der Waals surface area contributed by atoms with Gasteiger partial charge in [-0.1, -0.05) is 12.5 Å². The molecule has 1 N–H and O–H groups in total. The minimum absolute atomic E-state index is 0.219. The van der Waals surface area contributed by atoms with E-state index in [1.807, 2.05) is 0 Å². The molecule has 0 aromatic rings. The molecule has 0 heterocycles. The Morgan fingerprint density at radius 2 is 2.29 bits per heavy atom. The molecule has 0 bridgehead atoms. The number of methoxy groups -OCH3 is 1. The lowest BCUT2D eigenvalue weighted by molar-refractivity contribution is 0.153. The van der Waals surface area contributed by atoms with Gasteiger partial charge in [-0.05, 0) is 44.1 Å². The maximum Gasteiger partial charge on any atom is 0.0751 e. The Morgan fingerprint density at radius 1 is 1.43 bits per heavy atom. The summed E-state index contributed by atoms with van der Waals surface area (Å²) in [4.78, 5) is 0. The quantitative estimate of drug-likeness (QED) is 0.543. The SMILES string of the molecule is COCCCC(O)C1=CCCCCC1. The van der Waals surface area contributed by atoms with Gasteiger partial charge in [0.25, 0.3) is 0 Å². The normalized spacial score (nSPS) is 20.0.